The zero-order valence-corrected chi connectivity index (χ0v) is 17.5. The Balaban J connectivity index is 1.63. The van der Waals surface area contributed by atoms with Crippen LogP contribution in [-0.2, 0) is 11.3 Å². The first-order valence-corrected chi connectivity index (χ1v) is 10.1. The number of hydrogen-bond acceptors (Lipinski definition) is 5. The third-order valence-corrected chi connectivity index (χ3v) is 5.52. The number of carboxylic acids is 1. The lowest BCUT2D eigenvalue weighted by Gasteiger charge is -2.16. The van der Waals surface area contributed by atoms with Gasteiger partial charge < -0.3 is 15.3 Å². The van der Waals surface area contributed by atoms with E-state index < -0.39 is 17.9 Å². The van der Waals surface area contributed by atoms with Gasteiger partial charge in [0.2, 0.25) is 0 Å². The molecule has 1 unspecified atom stereocenters. The van der Waals surface area contributed by atoms with E-state index >= 15 is 0 Å². The monoisotopic (exact) mass is 429 g/mol. The number of aliphatic carboxylic acids is 1. The van der Waals surface area contributed by atoms with E-state index in [0.717, 1.165) is 22.0 Å². The van der Waals surface area contributed by atoms with Crippen molar-refractivity contribution in [3.05, 3.63) is 70.1 Å². The summed E-state index contributed by atoms with van der Waals surface area (Å²) in [6, 6.07) is 13.7. The first kappa shape index (κ1) is 20.8. The van der Waals surface area contributed by atoms with Gasteiger partial charge >= 0.3 is 5.97 Å². The van der Waals surface area contributed by atoms with Crippen LogP contribution in [0.15, 0.2) is 53.9 Å². The highest BCUT2D eigenvalue weighted by Crippen LogP contribution is 2.28. The number of carboxylic acid groups (broad SMARTS) is 1. The van der Waals surface area contributed by atoms with Crippen molar-refractivity contribution in [2.45, 2.75) is 19.5 Å². The topological polar surface area (TPSA) is 82.5 Å². The van der Waals surface area contributed by atoms with E-state index in [4.69, 9.17) is 16.7 Å². The third kappa shape index (κ3) is 5.34. The van der Waals surface area contributed by atoms with E-state index in [2.05, 4.69) is 10.3 Å². The lowest BCUT2D eigenvalue weighted by Crippen LogP contribution is -2.38. The SMILES string of the molecule is CC(NC(=O)c1ccc(CN(C)c2nc(-c3ccc(Cl)cc3)cs2)cc1)C(=O)O. The Morgan fingerprint density at radius 1 is 1.17 bits per heavy atom. The minimum absolute atomic E-state index is 0.410. The van der Waals surface area contributed by atoms with E-state index in [1.165, 1.54) is 6.92 Å². The average Bonchev–Trinajstić information content (AvgIpc) is 3.19. The first-order chi connectivity index (χ1) is 13.8. The van der Waals surface area contributed by atoms with Gasteiger partial charge in [0, 0.05) is 35.1 Å². The highest BCUT2D eigenvalue weighted by Gasteiger charge is 2.15. The summed E-state index contributed by atoms with van der Waals surface area (Å²) in [5, 5.41) is 14.9. The van der Waals surface area contributed by atoms with Gasteiger partial charge in [-0.15, -0.1) is 11.3 Å². The van der Waals surface area contributed by atoms with Crippen molar-refractivity contribution in [3.63, 3.8) is 0 Å². The lowest BCUT2D eigenvalue weighted by atomic mass is 10.1. The number of hydrogen-bond donors (Lipinski definition) is 2. The van der Waals surface area contributed by atoms with Crippen molar-refractivity contribution in [3.8, 4) is 11.3 Å². The van der Waals surface area contributed by atoms with E-state index in [0.29, 0.717) is 17.1 Å². The molecule has 3 rings (SSSR count). The summed E-state index contributed by atoms with van der Waals surface area (Å²) in [5.41, 5.74) is 3.34. The maximum absolute atomic E-state index is 12.1. The molecule has 29 heavy (non-hydrogen) atoms. The van der Waals surface area contributed by atoms with Gasteiger partial charge in [-0.1, -0.05) is 35.9 Å². The van der Waals surface area contributed by atoms with Crippen LogP contribution < -0.4 is 10.2 Å². The molecular formula is C21H20ClN3O3S. The maximum atomic E-state index is 12.1. The summed E-state index contributed by atoms with van der Waals surface area (Å²) < 4.78 is 0. The predicted octanol–water partition coefficient (Wildman–Crippen LogP) is 4.30. The molecule has 1 atom stereocenters. The molecule has 2 aromatic carbocycles. The number of nitrogens with one attached hydrogen (secondary N) is 1. The number of thiazole rings is 1. The fourth-order valence-corrected chi connectivity index (χ4v) is 3.56. The Hall–Kier alpha value is -2.90. The minimum atomic E-state index is -1.07. The largest absolute Gasteiger partial charge is 0.480 e. The average molecular weight is 430 g/mol. The Labute approximate surface area is 177 Å². The molecule has 0 saturated heterocycles. The number of halogens is 1. The van der Waals surface area contributed by atoms with Crippen LogP contribution in [0.3, 0.4) is 0 Å². The molecule has 0 saturated carbocycles. The second-order valence-corrected chi connectivity index (χ2v) is 7.88. The van der Waals surface area contributed by atoms with E-state index in [9.17, 15) is 9.59 Å². The van der Waals surface area contributed by atoms with Gasteiger partial charge in [-0.25, -0.2) is 4.98 Å². The van der Waals surface area contributed by atoms with Gasteiger partial charge in [0.05, 0.1) is 5.69 Å². The number of benzene rings is 2. The Morgan fingerprint density at radius 2 is 1.83 bits per heavy atom. The molecule has 2 N–H and O–H groups in total. The maximum Gasteiger partial charge on any atom is 0.325 e. The molecular weight excluding hydrogens is 410 g/mol. The Bertz CT molecular complexity index is 1000. The molecule has 0 radical (unpaired) electrons. The number of aromatic nitrogens is 1. The summed E-state index contributed by atoms with van der Waals surface area (Å²) in [7, 11) is 1.96. The summed E-state index contributed by atoms with van der Waals surface area (Å²) in [6.07, 6.45) is 0. The summed E-state index contributed by atoms with van der Waals surface area (Å²) in [5.74, 6) is -1.48. The highest BCUT2D eigenvalue weighted by molar-refractivity contribution is 7.14. The molecule has 150 valence electrons. The van der Waals surface area contributed by atoms with E-state index in [1.54, 1.807) is 23.5 Å². The molecule has 0 fully saturated rings. The van der Waals surface area contributed by atoms with Crippen molar-refractivity contribution in [2.24, 2.45) is 0 Å². The molecule has 3 aromatic rings. The summed E-state index contributed by atoms with van der Waals surface area (Å²) in [4.78, 5) is 29.6. The highest BCUT2D eigenvalue weighted by atomic mass is 35.5. The number of rotatable bonds is 7. The van der Waals surface area contributed by atoms with Crippen LogP contribution in [0.1, 0.15) is 22.8 Å². The third-order valence-electron chi connectivity index (χ3n) is 4.31. The molecule has 0 spiro atoms. The Kier molecular flexibility index (Phi) is 6.51. The number of amides is 1. The predicted molar refractivity (Wildman–Crippen MR) is 116 cm³/mol. The number of nitrogens with zero attached hydrogens (tertiary/aromatic N) is 2. The quantitative estimate of drug-likeness (QED) is 0.585. The number of carbonyl (C=O) groups is 2. The van der Waals surface area contributed by atoms with Gasteiger partial charge in [-0.05, 0) is 36.8 Å². The fourth-order valence-electron chi connectivity index (χ4n) is 2.64. The Morgan fingerprint density at radius 3 is 2.45 bits per heavy atom. The number of carbonyl (C=O) groups excluding carboxylic acids is 1. The second-order valence-electron chi connectivity index (χ2n) is 6.61. The molecule has 0 aliphatic rings. The fraction of sp³-hybridized carbons (Fsp3) is 0.190. The lowest BCUT2D eigenvalue weighted by molar-refractivity contribution is -0.138. The molecule has 8 heteroatoms. The second kappa shape index (κ2) is 9.07. The van der Waals surface area contributed by atoms with Crippen LogP contribution in [0.2, 0.25) is 5.02 Å². The summed E-state index contributed by atoms with van der Waals surface area (Å²) in [6.45, 7) is 2.05. The molecule has 0 aliphatic carbocycles. The molecule has 0 aliphatic heterocycles. The normalized spacial score (nSPS) is 11.7. The first-order valence-electron chi connectivity index (χ1n) is 8.88. The van der Waals surface area contributed by atoms with Gasteiger partial charge in [-0.3, -0.25) is 9.59 Å². The zero-order valence-electron chi connectivity index (χ0n) is 15.9. The van der Waals surface area contributed by atoms with Crippen molar-refractivity contribution in [1.82, 2.24) is 10.3 Å². The van der Waals surface area contributed by atoms with Gasteiger partial charge in [0.25, 0.3) is 5.91 Å². The van der Waals surface area contributed by atoms with Crippen LogP contribution in [0, 0.1) is 0 Å². The zero-order chi connectivity index (χ0) is 21.0. The summed E-state index contributed by atoms with van der Waals surface area (Å²) >= 11 is 7.49. The standard InChI is InChI=1S/C21H20ClN3O3S/c1-13(20(27)28)23-19(26)16-5-3-14(4-6-16)11-25(2)21-24-18(12-29-21)15-7-9-17(22)10-8-15/h3-10,12-13H,11H2,1-2H3,(H,23,26)(H,27,28). The molecule has 0 bridgehead atoms. The van der Waals surface area contributed by atoms with Crippen LogP contribution >= 0.6 is 22.9 Å². The van der Waals surface area contributed by atoms with Crippen LogP contribution in [0.25, 0.3) is 11.3 Å². The molecule has 1 amide bonds. The number of anilines is 1. The van der Waals surface area contributed by atoms with E-state index in [-0.39, 0.29) is 0 Å². The van der Waals surface area contributed by atoms with Gasteiger partial charge in [0.15, 0.2) is 5.13 Å². The van der Waals surface area contributed by atoms with Gasteiger partial charge in [0.1, 0.15) is 6.04 Å². The minimum Gasteiger partial charge on any atom is -0.480 e. The van der Waals surface area contributed by atoms with Crippen molar-refractivity contribution in [1.29, 1.82) is 0 Å². The molecule has 1 heterocycles. The molecule has 1 aromatic heterocycles. The van der Waals surface area contributed by atoms with Crippen molar-refractivity contribution in [2.75, 3.05) is 11.9 Å². The van der Waals surface area contributed by atoms with E-state index in [1.807, 2.05) is 53.7 Å². The van der Waals surface area contributed by atoms with Crippen molar-refractivity contribution >= 4 is 39.9 Å². The van der Waals surface area contributed by atoms with Crippen LogP contribution in [-0.4, -0.2) is 35.1 Å². The van der Waals surface area contributed by atoms with Crippen LogP contribution in [0.4, 0.5) is 5.13 Å². The van der Waals surface area contributed by atoms with Crippen LogP contribution in [0.5, 0.6) is 0 Å². The van der Waals surface area contributed by atoms with Crippen molar-refractivity contribution < 1.29 is 14.7 Å². The van der Waals surface area contributed by atoms with Gasteiger partial charge in [-0.2, -0.15) is 0 Å². The molecule has 6 nitrogen and oxygen atoms in total. The smallest absolute Gasteiger partial charge is 0.325 e.